The highest BCUT2D eigenvalue weighted by Crippen LogP contribution is 2.20. The van der Waals surface area contributed by atoms with E-state index in [2.05, 4.69) is 29.3 Å². The number of benzene rings is 1. The molecule has 5 nitrogen and oxygen atoms in total. The van der Waals surface area contributed by atoms with Crippen LogP contribution in [0.4, 0.5) is 0 Å². The maximum atomic E-state index is 12.5. The highest BCUT2D eigenvalue weighted by molar-refractivity contribution is 5.79. The highest BCUT2D eigenvalue weighted by Gasteiger charge is 2.29. The number of amides is 1. The lowest BCUT2D eigenvalue weighted by Gasteiger charge is -2.24. The zero-order chi connectivity index (χ0) is 14.7. The van der Waals surface area contributed by atoms with Crippen molar-refractivity contribution < 1.29 is 4.79 Å². The summed E-state index contributed by atoms with van der Waals surface area (Å²) >= 11 is 0. The van der Waals surface area contributed by atoms with Gasteiger partial charge in [-0.1, -0.05) is 29.8 Å². The van der Waals surface area contributed by atoms with E-state index >= 15 is 0 Å². The summed E-state index contributed by atoms with van der Waals surface area (Å²) < 4.78 is 0. The van der Waals surface area contributed by atoms with Gasteiger partial charge in [0, 0.05) is 6.54 Å². The van der Waals surface area contributed by atoms with Gasteiger partial charge in [-0.15, -0.1) is 0 Å². The van der Waals surface area contributed by atoms with Crippen molar-refractivity contribution in [3.8, 4) is 0 Å². The molecule has 0 bridgehead atoms. The lowest BCUT2D eigenvalue weighted by atomic mass is 10.1. The van der Waals surface area contributed by atoms with Crippen LogP contribution >= 0.6 is 0 Å². The molecule has 0 aliphatic carbocycles. The van der Waals surface area contributed by atoms with Crippen LogP contribution in [-0.2, 0) is 17.8 Å². The van der Waals surface area contributed by atoms with E-state index in [0.29, 0.717) is 13.0 Å². The molecule has 5 heteroatoms. The zero-order valence-electron chi connectivity index (χ0n) is 12.3. The molecular weight excluding hydrogens is 264 g/mol. The van der Waals surface area contributed by atoms with E-state index in [4.69, 9.17) is 0 Å². The molecule has 0 spiro atoms. The van der Waals surface area contributed by atoms with Crippen LogP contribution in [-0.4, -0.2) is 38.4 Å². The predicted octanol–water partition coefficient (Wildman–Crippen LogP) is 1.82. The van der Waals surface area contributed by atoms with Gasteiger partial charge in [-0.05, 0) is 25.3 Å². The van der Waals surface area contributed by atoms with Gasteiger partial charge in [-0.25, -0.2) is 0 Å². The molecule has 1 amide bonds. The monoisotopic (exact) mass is 284 g/mol. The fourth-order valence-electron chi connectivity index (χ4n) is 2.98. The first-order valence-corrected chi connectivity index (χ1v) is 7.41. The number of rotatable bonds is 4. The molecule has 0 saturated carbocycles. The molecule has 1 aliphatic rings. The van der Waals surface area contributed by atoms with Crippen molar-refractivity contribution in [3.63, 3.8) is 0 Å². The number of carbonyl (C=O) groups excluding carboxylic acids is 1. The third-order valence-corrected chi connectivity index (χ3v) is 3.98. The number of hydrogen-bond donors (Lipinski definition) is 0. The summed E-state index contributed by atoms with van der Waals surface area (Å²) in [7, 11) is 0. The molecule has 1 atom stereocenters. The van der Waals surface area contributed by atoms with Crippen LogP contribution in [0.1, 0.15) is 24.0 Å². The Morgan fingerprint density at radius 2 is 2.14 bits per heavy atom. The van der Waals surface area contributed by atoms with Crippen LogP contribution in [0.3, 0.4) is 0 Å². The van der Waals surface area contributed by atoms with Crippen LogP contribution < -0.4 is 0 Å². The van der Waals surface area contributed by atoms with Gasteiger partial charge in [-0.3, -0.25) is 4.79 Å². The third kappa shape index (κ3) is 3.29. The molecule has 0 N–H and O–H groups in total. The number of likely N-dealkylation sites (tertiary alicyclic amines) is 1. The van der Waals surface area contributed by atoms with E-state index in [1.807, 2.05) is 17.0 Å². The van der Waals surface area contributed by atoms with E-state index in [1.165, 1.54) is 5.56 Å². The summed E-state index contributed by atoms with van der Waals surface area (Å²) in [5.41, 5.74) is 2.28. The summed E-state index contributed by atoms with van der Waals surface area (Å²) in [5, 5.41) is 8.27. The van der Waals surface area contributed by atoms with E-state index in [9.17, 15) is 4.79 Å². The maximum absolute atomic E-state index is 12.5. The van der Waals surface area contributed by atoms with Crippen molar-refractivity contribution in [3.05, 3.63) is 47.8 Å². The molecular formula is C16H20N4O. The van der Waals surface area contributed by atoms with Crippen LogP contribution in [0.2, 0.25) is 0 Å². The van der Waals surface area contributed by atoms with Gasteiger partial charge in [0.05, 0.1) is 31.4 Å². The Bertz CT molecular complexity index is 608. The van der Waals surface area contributed by atoms with E-state index in [0.717, 1.165) is 24.9 Å². The molecule has 110 valence electrons. The minimum atomic E-state index is 0.204. The molecule has 21 heavy (non-hydrogen) atoms. The Kier molecular flexibility index (Phi) is 3.99. The van der Waals surface area contributed by atoms with Crippen LogP contribution in [0.5, 0.6) is 0 Å². The first-order chi connectivity index (χ1) is 10.2. The van der Waals surface area contributed by atoms with E-state index < -0.39 is 0 Å². The van der Waals surface area contributed by atoms with Crippen LogP contribution in [0.15, 0.2) is 36.7 Å². The molecule has 2 heterocycles. The average molecular weight is 284 g/mol. The van der Waals surface area contributed by atoms with Gasteiger partial charge in [-0.2, -0.15) is 15.0 Å². The van der Waals surface area contributed by atoms with E-state index in [1.54, 1.807) is 17.2 Å². The smallest absolute Gasteiger partial charge is 0.227 e. The van der Waals surface area contributed by atoms with Crippen molar-refractivity contribution in [2.24, 2.45) is 0 Å². The summed E-state index contributed by atoms with van der Waals surface area (Å²) in [6.45, 7) is 3.58. The summed E-state index contributed by atoms with van der Waals surface area (Å²) in [6.07, 6.45) is 5.92. The Hall–Kier alpha value is -2.17. The van der Waals surface area contributed by atoms with Gasteiger partial charge < -0.3 is 4.90 Å². The summed E-state index contributed by atoms with van der Waals surface area (Å²) in [5.74, 6) is 0.204. The average Bonchev–Trinajstić information content (AvgIpc) is 3.10. The first-order valence-electron chi connectivity index (χ1n) is 7.41. The molecule has 1 aliphatic heterocycles. The summed E-state index contributed by atoms with van der Waals surface area (Å²) in [6, 6.07) is 8.38. The van der Waals surface area contributed by atoms with Gasteiger partial charge in [0.2, 0.25) is 5.91 Å². The zero-order valence-corrected chi connectivity index (χ0v) is 12.3. The van der Waals surface area contributed by atoms with Crippen LogP contribution in [0, 0.1) is 6.92 Å². The normalized spacial score (nSPS) is 18.1. The number of nitrogens with zero attached hydrogens (tertiary/aromatic N) is 4. The SMILES string of the molecule is Cc1cccc(CC(=O)N2CCCC2Cn2nccn2)c1. The predicted molar refractivity (Wildman–Crippen MR) is 79.6 cm³/mol. The van der Waals surface area contributed by atoms with Gasteiger partial charge in [0.15, 0.2) is 0 Å². The second kappa shape index (κ2) is 6.08. The van der Waals surface area contributed by atoms with Gasteiger partial charge >= 0.3 is 0 Å². The standard InChI is InChI=1S/C16H20N4O/c1-13-4-2-5-14(10-13)11-16(21)19-9-3-6-15(19)12-20-17-7-8-18-20/h2,4-5,7-8,10,15H,3,6,9,11-12H2,1H3. The van der Waals surface area contributed by atoms with Crippen molar-refractivity contribution in [1.29, 1.82) is 0 Å². The largest absolute Gasteiger partial charge is 0.337 e. The fraction of sp³-hybridized carbons (Fsp3) is 0.438. The van der Waals surface area contributed by atoms with Crippen molar-refractivity contribution in [2.45, 2.75) is 38.8 Å². The van der Waals surface area contributed by atoms with E-state index in [-0.39, 0.29) is 11.9 Å². The molecule has 3 rings (SSSR count). The number of aryl methyl sites for hydroxylation is 1. The maximum Gasteiger partial charge on any atom is 0.227 e. The van der Waals surface area contributed by atoms with Gasteiger partial charge in [0.25, 0.3) is 0 Å². The lowest BCUT2D eigenvalue weighted by Crippen LogP contribution is -2.39. The number of carbonyl (C=O) groups is 1. The van der Waals surface area contributed by atoms with Crippen molar-refractivity contribution >= 4 is 5.91 Å². The second-order valence-corrected chi connectivity index (χ2v) is 5.63. The Labute approximate surface area is 124 Å². The van der Waals surface area contributed by atoms with Crippen LogP contribution in [0.25, 0.3) is 0 Å². The Balaban J connectivity index is 1.65. The van der Waals surface area contributed by atoms with Crippen molar-refractivity contribution in [1.82, 2.24) is 19.9 Å². The molecule has 1 unspecified atom stereocenters. The second-order valence-electron chi connectivity index (χ2n) is 5.63. The molecule has 1 aromatic carbocycles. The molecule has 1 aromatic heterocycles. The number of hydrogen-bond acceptors (Lipinski definition) is 3. The minimum Gasteiger partial charge on any atom is -0.337 e. The minimum absolute atomic E-state index is 0.204. The first kappa shape index (κ1) is 13.8. The molecule has 0 radical (unpaired) electrons. The molecule has 1 saturated heterocycles. The van der Waals surface area contributed by atoms with Crippen molar-refractivity contribution in [2.75, 3.05) is 6.54 Å². The lowest BCUT2D eigenvalue weighted by molar-refractivity contribution is -0.131. The quantitative estimate of drug-likeness (QED) is 0.860. The Morgan fingerprint density at radius 1 is 1.33 bits per heavy atom. The third-order valence-electron chi connectivity index (χ3n) is 3.98. The molecule has 2 aromatic rings. The fourth-order valence-corrected chi connectivity index (χ4v) is 2.98. The Morgan fingerprint density at radius 3 is 2.90 bits per heavy atom. The topological polar surface area (TPSA) is 51.0 Å². The highest BCUT2D eigenvalue weighted by atomic mass is 16.2. The summed E-state index contributed by atoms with van der Waals surface area (Å²) in [4.78, 5) is 16.2. The van der Waals surface area contributed by atoms with Gasteiger partial charge in [0.1, 0.15) is 0 Å². The number of aromatic nitrogens is 3. The molecule has 1 fully saturated rings.